The molecule has 0 unspecified atom stereocenters. The molecule has 2 aliphatic rings. The topological polar surface area (TPSA) is 91.9 Å². The van der Waals surface area contributed by atoms with E-state index in [-0.39, 0.29) is 6.03 Å². The SMILES string of the molecule is O=C(Nc1ccc2c(c1)OCCO2)Nc1cc(N2CCN(c3ccccc3)CC2)ncn1. The van der Waals surface area contributed by atoms with Crippen LogP contribution in [0.25, 0.3) is 0 Å². The van der Waals surface area contributed by atoms with Crippen LogP contribution in [0.3, 0.4) is 0 Å². The number of amides is 2. The number of benzene rings is 2. The molecule has 1 fully saturated rings. The second kappa shape index (κ2) is 9.01. The number of piperazine rings is 1. The van der Waals surface area contributed by atoms with Gasteiger partial charge in [0.1, 0.15) is 31.2 Å². The zero-order valence-electron chi connectivity index (χ0n) is 17.5. The summed E-state index contributed by atoms with van der Waals surface area (Å²) in [6, 6.07) is 17.1. The molecule has 3 aromatic rings. The molecule has 1 saturated heterocycles. The van der Waals surface area contributed by atoms with E-state index in [2.05, 4.69) is 54.7 Å². The third kappa shape index (κ3) is 4.51. The number of hydrogen-bond acceptors (Lipinski definition) is 7. The lowest BCUT2D eigenvalue weighted by Gasteiger charge is -2.36. The van der Waals surface area contributed by atoms with Gasteiger partial charge in [0.2, 0.25) is 0 Å². The highest BCUT2D eigenvalue weighted by Gasteiger charge is 2.19. The van der Waals surface area contributed by atoms with E-state index >= 15 is 0 Å². The van der Waals surface area contributed by atoms with Gasteiger partial charge in [0.05, 0.1) is 0 Å². The van der Waals surface area contributed by atoms with Gasteiger partial charge in [-0.05, 0) is 24.3 Å². The molecule has 9 heteroatoms. The van der Waals surface area contributed by atoms with Crippen molar-refractivity contribution in [2.45, 2.75) is 0 Å². The van der Waals surface area contributed by atoms with E-state index in [9.17, 15) is 4.79 Å². The molecule has 9 nitrogen and oxygen atoms in total. The molecule has 0 atom stereocenters. The molecule has 32 heavy (non-hydrogen) atoms. The van der Waals surface area contributed by atoms with Gasteiger partial charge in [0.15, 0.2) is 11.5 Å². The van der Waals surface area contributed by atoms with Crippen molar-refractivity contribution in [3.8, 4) is 11.5 Å². The Balaban J connectivity index is 1.19. The predicted molar refractivity (Wildman–Crippen MR) is 123 cm³/mol. The zero-order chi connectivity index (χ0) is 21.8. The lowest BCUT2D eigenvalue weighted by molar-refractivity contribution is 0.171. The predicted octanol–water partition coefficient (Wildman–Crippen LogP) is 3.22. The van der Waals surface area contributed by atoms with E-state index in [1.807, 2.05) is 6.07 Å². The van der Waals surface area contributed by atoms with Crippen LogP contribution in [0.15, 0.2) is 60.9 Å². The maximum Gasteiger partial charge on any atom is 0.324 e. The Hall–Kier alpha value is -4.01. The second-order valence-corrected chi connectivity index (χ2v) is 7.51. The van der Waals surface area contributed by atoms with E-state index in [1.165, 1.54) is 12.0 Å². The molecule has 2 N–H and O–H groups in total. The smallest absolute Gasteiger partial charge is 0.324 e. The van der Waals surface area contributed by atoms with Crippen LogP contribution in [-0.4, -0.2) is 55.4 Å². The van der Waals surface area contributed by atoms with Gasteiger partial charge in [-0.3, -0.25) is 5.32 Å². The fraction of sp³-hybridized carbons (Fsp3) is 0.261. The molecular formula is C23H24N6O3. The normalized spacial score (nSPS) is 15.2. The van der Waals surface area contributed by atoms with Crippen molar-refractivity contribution < 1.29 is 14.3 Å². The van der Waals surface area contributed by atoms with Gasteiger partial charge in [0.25, 0.3) is 0 Å². The van der Waals surface area contributed by atoms with Gasteiger partial charge >= 0.3 is 6.03 Å². The van der Waals surface area contributed by atoms with E-state index in [0.29, 0.717) is 36.2 Å². The van der Waals surface area contributed by atoms with Gasteiger partial charge in [0, 0.05) is 49.7 Å². The van der Waals surface area contributed by atoms with E-state index in [0.717, 1.165) is 32.0 Å². The van der Waals surface area contributed by atoms with Crippen molar-refractivity contribution in [1.82, 2.24) is 9.97 Å². The first-order valence-electron chi connectivity index (χ1n) is 10.6. The molecule has 5 rings (SSSR count). The third-order valence-electron chi connectivity index (χ3n) is 5.42. The van der Waals surface area contributed by atoms with Crippen molar-refractivity contribution >= 4 is 29.0 Å². The Bertz CT molecular complexity index is 1090. The summed E-state index contributed by atoms with van der Waals surface area (Å²) >= 11 is 0. The Morgan fingerprint density at radius 3 is 2.38 bits per heavy atom. The molecule has 1 aromatic heterocycles. The van der Waals surface area contributed by atoms with Crippen LogP contribution in [-0.2, 0) is 0 Å². The van der Waals surface area contributed by atoms with Gasteiger partial charge < -0.3 is 24.6 Å². The van der Waals surface area contributed by atoms with Crippen LogP contribution in [0.5, 0.6) is 11.5 Å². The first-order chi connectivity index (χ1) is 15.7. The molecule has 3 heterocycles. The summed E-state index contributed by atoms with van der Waals surface area (Å²) in [5.74, 6) is 2.53. The maximum absolute atomic E-state index is 12.5. The number of carbonyl (C=O) groups is 1. The zero-order valence-corrected chi connectivity index (χ0v) is 17.5. The monoisotopic (exact) mass is 432 g/mol. The Kier molecular flexibility index (Phi) is 5.61. The van der Waals surface area contributed by atoms with E-state index in [4.69, 9.17) is 9.47 Å². The molecule has 164 valence electrons. The van der Waals surface area contributed by atoms with Crippen LogP contribution in [0, 0.1) is 0 Å². The Morgan fingerprint density at radius 1 is 0.812 bits per heavy atom. The quantitative estimate of drug-likeness (QED) is 0.654. The summed E-state index contributed by atoms with van der Waals surface area (Å²) in [4.78, 5) is 25.6. The molecular weight excluding hydrogens is 408 g/mol. The number of aromatic nitrogens is 2. The average molecular weight is 432 g/mol. The Morgan fingerprint density at radius 2 is 1.56 bits per heavy atom. The van der Waals surface area contributed by atoms with E-state index < -0.39 is 0 Å². The minimum Gasteiger partial charge on any atom is -0.486 e. The van der Waals surface area contributed by atoms with Crippen molar-refractivity contribution in [3.63, 3.8) is 0 Å². The van der Waals surface area contributed by atoms with E-state index in [1.54, 1.807) is 24.3 Å². The number of hydrogen-bond donors (Lipinski definition) is 2. The summed E-state index contributed by atoms with van der Waals surface area (Å²) in [5, 5.41) is 5.57. The lowest BCUT2D eigenvalue weighted by Crippen LogP contribution is -2.46. The summed E-state index contributed by atoms with van der Waals surface area (Å²) in [5.41, 5.74) is 1.84. The maximum atomic E-state index is 12.5. The number of rotatable bonds is 4. The van der Waals surface area contributed by atoms with Crippen molar-refractivity contribution in [1.29, 1.82) is 0 Å². The fourth-order valence-corrected chi connectivity index (χ4v) is 3.82. The molecule has 0 radical (unpaired) electrons. The van der Waals surface area contributed by atoms with Crippen LogP contribution >= 0.6 is 0 Å². The summed E-state index contributed by atoms with van der Waals surface area (Å²) in [6.07, 6.45) is 1.47. The number of anilines is 4. The fourth-order valence-electron chi connectivity index (χ4n) is 3.82. The highest BCUT2D eigenvalue weighted by Crippen LogP contribution is 2.32. The standard InChI is InChI=1S/C23H24N6O3/c30-23(26-17-6-7-19-20(14-17)32-13-12-31-19)27-21-15-22(25-16-24-21)29-10-8-28(9-11-29)18-4-2-1-3-5-18/h1-7,14-16H,8-13H2,(H2,24,25,26,27,30). The number of para-hydroxylation sites is 1. The molecule has 0 spiro atoms. The van der Waals surface area contributed by atoms with Crippen LogP contribution < -0.4 is 29.9 Å². The number of nitrogens with one attached hydrogen (secondary N) is 2. The highest BCUT2D eigenvalue weighted by molar-refractivity contribution is 5.99. The number of urea groups is 1. The highest BCUT2D eigenvalue weighted by atomic mass is 16.6. The van der Waals surface area contributed by atoms with Crippen LogP contribution in [0.4, 0.5) is 27.8 Å². The molecule has 0 bridgehead atoms. The number of carbonyl (C=O) groups excluding carboxylic acids is 1. The Labute approximate surface area is 186 Å². The van der Waals surface area contributed by atoms with Gasteiger partial charge in [-0.1, -0.05) is 18.2 Å². The third-order valence-corrected chi connectivity index (χ3v) is 5.42. The minimum absolute atomic E-state index is 0.389. The largest absolute Gasteiger partial charge is 0.486 e. The van der Waals surface area contributed by atoms with Crippen molar-refractivity contribution in [2.75, 3.05) is 59.8 Å². The van der Waals surface area contributed by atoms with Crippen molar-refractivity contribution in [3.05, 3.63) is 60.9 Å². The molecule has 2 aromatic carbocycles. The molecule has 2 amide bonds. The lowest BCUT2D eigenvalue weighted by atomic mass is 10.2. The minimum atomic E-state index is -0.389. The van der Waals surface area contributed by atoms with Crippen molar-refractivity contribution in [2.24, 2.45) is 0 Å². The van der Waals surface area contributed by atoms with Gasteiger partial charge in [-0.25, -0.2) is 14.8 Å². The summed E-state index contributed by atoms with van der Waals surface area (Å²) in [7, 11) is 0. The second-order valence-electron chi connectivity index (χ2n) is 7.51. The average Bonchev–Trinajstić information content (AvgIpc) is 2.85. The summed E-state index contributed by atoms with van der Waals surface area (Å²) < 4.78 is 11.1. The molecule has 2 aliphatic heterocycles. The van der Waals surface area contributed by atoms with Crippen LogP contribution in [0.2, 0.25) is 0 Å². The summed E-state index contributed by atoms with van der Waals surface area (Å²) in [6.45, 7) is 4.51. The first kappa shape index (κ1) is 19.9. The van der Waals surface area contributed by atoms with Gasteiger partial charge in [-0.2, -0.15) is 0 Å². The molecule has 0 saturated carbocycles. The molecule has 0 aliphatic carbocycles. The van der Waals surface area contributed by atoms with Gasteiger partial charge in [-0.15, -0.1) is 0 Å². The number of fused-ring (bicyclic) bond motifs is 1. The van der Waals surface area contributed by atoms with Crippen LogP contribution in [0.1, 0.15) is 0 Å². The number of ether oxygens (including phenoxy) is 2. The first-order valence-corrected chi connectivity index (χ1v) is 10.6. The number of nitrogens with zero attached hydrogens (tertiary/aromatic N) is 4.